The third-order valence-electron chi connectivity index (χ3n) is 6.34. The van der Waals surface area contributed by atoms with E-state index in [0.717, 1.165) is 20.1 Å². The Morgan fingerprint density at radius 1 is 0.511 bits per heavy atom. The number of hydrogen-bond acceptors (Lipinski definition) is 4. The quantitative estimate of drug-likeness (QED) is 0.105. The standard InChI is InChI=1S/C35H30Br2N4O4/c36-28-16-12-24(13-17-28)22-30(40-32(42)26-8-3-1-4-9-26)34(44)38-20-7-21-39-35(45)31(23-25-14-18-29(37)19-15-25)41-33(43)27-10-5-2-6-11-27/h1-6,8-19,22-23H,7,20-21H2,(H,38,44)(H,39,45)(H,40,42)(H,41,43)/b30-22+,31-23+. The van der Waals surface area contributed by atoms with Crippen LogP contribution in [-0.2, 0) is 9.59 Å². The Labute approximate surface area is 278 Å². The number of amides is 4. The number of hydrogen-bond donors (Lipinski definition) is 4. The maximum Gasteiger partial charge on any atom is 0.267 e. The van der Waals surface area contributed by atoms with E-state index in [9.17, 15) is 19.2 Å². The highest BCUT2D eigenvalue weighted by Gasteiger charge is 2.16. The Morgan fingerprint density at radius 3 is 1.22 bits per heavy atom. The third kappa shape index (κ3) is 10.7. The minimum atomic E-state index is -0.473. The molecule has 0 spiro atoms. The van der Waals surface area contributed by atoms with Crippen LogP contribution >= 0.6 is 31.9 Å². The van der Waals surface area contributed by atoms with Crippen LogP contribution in [0.4, 0.5) is 0 Å². The molecule has 0 unspecified atom stereocenters. The van der Waals surface area contributed by atoms with Crippen molar-refractivity contribution >= 4 is 67.6 Å². The number of carbonyl (C=O) groups is 4. The molecule has 0 bridgehead atoms. The lowest BCUT2D eigenvalue weighted by Gasteiger charge is -2.13. The molecule has 0 radical (unpaired) electrons. The molecule has 0 aromatic heterocycles. The van der Waals surface area contributed by atoms with Gasteiger partial charge in [-0.1, -0.05) is 92.5 Å². The van der Waals surface area contributed by atoms with Gasteiger partial charge in [0.15, 0.2) is 0 Å². The first kappa shape index (κ1) is 33.1. The van der Waals surface area contributed by atoms with E-state index in [-0.39, 0.29) is 24.5 Å². The van der Waals surface area contributed by atoms with Gasteiger partial charge in [-0.05, 0) is 78.2 Å². The zero-order chi connectivity index (χ0) is 32.0. The van der Waals surface area contributed by atoms with Gasteiger partial charge in [0.2, 0.25) is 0 Å². The molecule has 8 nitrogen and oxygen atoms in total. The fourth-order valence-corrected chi connectivity index (χ4v) is 4.55. The van der Waals surface area contributed by atoms with Crippen molar-refractivity contribution in [1.29, 1.82) is 0 Å². The Bertz CT molecular complexity index is 1560. The van der Waals surface area contributed by atoms with Crippen LogP contribution in [0.2, 0.25) is 0 Å². The van der Waals surface area contributed by atoms with Crippen molar-refractivity contribution < 1.29 is 19.2 Å². The van der Waals surface area contributed by atoms with Crippen LogP contribution in [0.25, 0.3) is 12.2 Å². The zero-order valence-corrected chi connectivity index (χ0v) is 27.2. The predicted octanol–water partition coefficient (Wildman–Crippen LogP) is 6.08. The molecule has 0 fully saturated rings. The molecule has 228 valence electrons. The smallest absolute Gasteiger partial charge is 0.267 e. The van der Waals surface area contributed by atoms with Gasteiger partial charge < -0.3 is 21.3 Å². The number of rotatable bonds is 12. The lowest BCUT2D eigenvalue weighted by atomic mass is 10.1. The van der Waals surface area contributed by atoms with E-state index in [2.05, 4.69) is 53.1 Å². The van der Waals surface area contributed by atoms with E-state index < -0.39 is 23.6 Å². The molecule has 0 saturated carbocycles. The number of benzene rings is 4. The summed E-state index contributed by atoms with van der Waals surface area (Å²) < 4.78 is 1.77. The highest BCUT2D eigenvalue weighted by atomic mass is 79.9. The van der Waals surface area contributed by atoms with Gasteiger partial charge in [0, 0.05) is 33.2 Å². The molecule has 45 heavy (non-hydrogen) atoms. The minimum Gasteiger partial charge on any atom is -0.351 e. The van der Waals surface area contributed by atoms with Crippen LogP contribution in [0.1, 0.15) is 38.3 Å². The van der Waals surface area contributed by atoms with Crippen molar-refractivity contribution in [3.05, 3.63) is 152 Å². The Kier molecular flexibility index (Phi) is 12.4. The lowest BCUT2D eigenvalue weighted by molar-refractivity contribution is -0.118. The minimum absolute atomic E-state index is 0.0820. The van der Waals surface area contributed by atoms with Crippen molar-refractivity contribution in [2.45, 2.75) is 6.42 Å². The summed E-state index contributed by atoms with van der Waals surface area (Å²) in [6.45, 7) is 0.445. The average Bonchev–Trinajstić information content (AvgIpc) is 3.06. The van der Waals surface area contributed by atoms with Gasteiger partial charge in [0.1, 0.15) is 11.4 Å². The molecule has 0 aliphatic rings. The summed E-state index contributed by atoms with van der Waals surface area (Å²) >= 11 is 6.79. The van der Waals surface area contributed by atoms with E-state index in [1.807, 2.05) is 48.5 Å². The van der Waals surface area contributed by atoms with Crippen molar-refractivity contribution in [2.24, 2.45) is 0 Å². The van der Waals surface area contributed by atoms with Crippen LogP contribution in [0, 0.1) is 0 Å². The van der Waals surface area contributed by atoms with Crippen LogP contribution in [0.3, 0.4) is 0 Å². The number of carbonyl (C=O) groups excluding carboxylic acids is 4. The first-order chi connectivity index (χ1) is 21.8. The normalized spacial score (nSPS) is 11.3. The van der Waals surface area contributed by atoms with Crippen molar-refractivity contribution in [3.8, 4) is 0 Å². The molecule has 4 N–H and O–H groups in total. The van der Waals surface area contributed by atoms with Crippen LogP contribution in [0.5, 0.6) is 0 Å². The first-order valence-electron chi connectivity index (χ1n) is 14.0. The van der Waals surface area contributed by atoms with Crippen molar-refractivity contribution in [3.63, 3.8) is 0 Å². The van der Waals surface area contributed by atoms with Gasteiger partial charge in [-0.25, -0.2) is 0 Å². The summed E-state index contributed by atoms with van der Waals surface area (Å²) in [4.78, 5) is 51.9. The molecule has 10 heteroatoms. The molecule has 0 aliphatic heterocycles. The molecular formula is C35H30Br2N4O4. The second kappa shape index (κ2) is 16.9. The number of halogens is 2. The second-order valence-corrected chi connectivity index (χ2v) is 11.6. The van der Waals surface area contributed by atoms with Gasteiger partial charge >= 0.3 is 0 Å². The molecule has 0 aliphatic carbocycles. The Morgan fingerprint density at radius 2 is 0.867 bits per heavy atom. The summed E-state index contributed by atoms with van der Waals surface area (Å²) in [6.07, 6.45) is 3.59. The van der Waals surface area contributed by atoms with Gasteiger partial charge in [-0.3, -0.25) is 19.2 Å². The van der Waals surface area contributed by atoms with E-state index >= 15 is 0 Å². The predicted molar refractivity (Wildman–Crippen MR) is 183 cm³/mol. The Hall–Kier alpha value is -4.80. The number of nitrogens with one attached hydrogen (secondary N) is 4. The van der Waals surface area contributed by atoms with E-state index in [1.54, 1.807) is 72.8 Å². The molecule has 0 atom stereocenters. The maximum absolute atomic E-state index is 13.1. The largest absolute Gasteiger partial charge is 0.351 e. The van der Waals surface area contributed by atoms with Crippen LogP contribution in [-0.4, -0.2) is 36.7 Å². The fourth-order valence-electron chi connectivity index (χ4n) is 4.02. The van der Waals surface area contributed by atoms with E-state index in [4.69, 9.17) is 0 Å². The molecule has 0 heterocycles. The molecule has 4 aromatic carbocycles. The topological polar surface area (TPSA) is 116 Å². The second-order valence-electron chi connectivity index (χ2n) is 9.72. The Balaban J connectivity index is 1.37. The van der Waals surface area contributed by atoms with Gasteiger partial charge in [0.25, 0.3) is 23.6 Å². The fraction of sp³-hybridized carbons (Fsp3) is 0.0857. The molecule has 0 saturated heterocycles. The summed E-state index contributed by atoms with van der Waals surface area (Å²) in [5, 5.41) is 11.0. The molecule has 4 amide bonds. The van der Waals surface area contributed by atoms with E-state index in [1.165, 1.54) is 0 Å². The molecule has 4 aromatic rings. The monoisotopic (exact) mass is 728 g/mol. The molecular weight excluding hydrogens is 700 g/mol. The van der Waals surface area contributed by atoms with Gasteiger partial charge in [-0.15, -0.1) is 0 Å². The van der Waals surface area contributed by atoms with Gasteiger partial charge in [0.05, 0.1) is 0 Å². The van der Waals surface area contributed by atoms with E-state index in [0.29, 0.717) is 17.5 Å². The lowest BCUT2D eigenvalue weighted by Crippen LogP contribution is -2.38. The zero-order valence-electron chi connectivity index (χ0n) is 24.1. The first-order valence-corrected chi connectivity index (χ1v) is 15.6. The average molecular weight is 730 g/mol. The summed E-state index contributed by atoms with van der Waals surface area (Å²) in [6, 6.07) is 31.8. The van der Waals surface area contributed by atoms with Crippen LogP contribution < -0.4 is 21.3 Å². The third-order valence-corrected chi connectivity index (χ3v) is 7.40. The highest BCUT2D eigenvalue weighted by molar-refractivity contribution is 9.10. The molecule has 4 rings (SSSR count). The summed E-state index contributed by atoms with van der Waals surface area (Å²) in [7, 11) is 0. The van der Waals surface area contributed by atoms with Crippen LogP contribution in [0.15, 0.2) is 130 Å². The SMILES string of the molecule is O=C(NCCCNC(=O)/C(=C\c1ccc(Br)cc1)NC(=O)c1ccccc1)/C(=C\c1ccc(Br)cc1)NC(=O)c1ccccc1. The van der Waals surface area contributed by atoms with Gasteiger partial charge in [-0.2, -0.15) is 0 Å². The summed E-state index contributed by atoms with van der Waals surface area (Å²) in [5.41, 5.74) is 2.46. The highest BCUT2D eigenvalue weighted by Crippen LogP contribution is 2.15. The van der Waals surface area contributed by atoms with Crippen molar-refractivity contribution in [2.75, 3.05) is 13.1 Å². The maximum atomic E-state index is 13.1. The summed E-state index contributed by atoms with van der Waals surface area (Å²) in [5.74, 6) is -1.77. The van der Waals surface area contributed by atoms with Crippen molar-refractivity contribution in [1.82, 2.24) is 21.3 Å².